The molecule has 1 fully saturated rings. The molecule has 3 heteroatoms. The van der Waals surface area contributed by atoms with Gasteiger partial charge >= 0.3 is 0 Å². The minimum Gasteiger partial charge on any atom is -0.393 e. The fourth-order valence-corrected chi connectivity index (χ4v) is 2.21. The summed E-state index contributed by atoms with van der Waals surface area (Å²) in [5, 5.41) is 9.45. The molecule has 1 aliphatic rings. The maximum Gasteiger partial charge on any atom is 0.0564 e. The van der Waals surface area contributed by atoms with Crippen LogP contribution in [0.5, 0.6) is 0 Å². The highest BCUT2D eigenvalue weighted by molar-refractivity contribution is 4.94. The van der Waals surface area contributed by atoms with Crippen molar-refractivity contribution >= 4 is 0 Å². The van der Waals surface area contributed by atoms with E-state index in [9.17, 15) is 5.11 Å². The van der Waals surface area contributed by atoms with Crippen LogP contribution in [-0.2, 0) is 0 Å². The Morgan fingerprint density at radius 2 is 2.00 bits per heavy atom. The number of hydrogen-bond acceptors (Lipinski definition) is 3. The van der Waals surface area contributed by atoms with E-state index in [2.05, 4.69) is 25.7 Å². The van der Waals surface area contributed by atoms with Crippen molar-refractivity contribution in [3.63, 3.8) is 0 Å². The molecule has 84 valence electrons. The Kier molecular flexibility index (Phi) is 3.93. The van der Waals surface area contributed by atoms with Gasteiger partial charge in [0, 0.05) is 24.7 Å². The Hall–Kier alpha value is -0.120. The number of aliphatic hydroxyl groups is 1. The Balaban J connectivity index is 2.61. The first-order valence-electron chi connectivity index (χ1n) is 5.69. The highest BCUT2D eigenvalue weighted by Crippen LogP contribution is 2.26. The predicted molar refractivity (Wildman–Crippen MR) is 59.2 cm³/mol. The maximum absolute atomic E-state index is 9.45. The number of rotatable bonds is 3. The quantitative estimate of drug-likeness (QED) is 0.713. The molecule has 2 atom stereocenters. The topological polar surface area (TPSA) is 49.5 Å². The predicted octanol–water partition coefficient (Wildman–Crippen LogP) is 0.959. The number of piperidine rings is 1. The number of nitrogens with zero attached hydrogens (tertiary/aromatic N) is 1. The van der Waals surface area contributed by atoms with Gasteiger partial charge in [-0.1, -0.05) is 6.92 Å². The highest BCUT2D eigenvalue weighted by atomic mass is 16.3. The van der Waals surface area contributed by atoms with Gasteiger partial charge in [0.1, 0.15) is 0 Å². The molecule has 3 N–H and O–H groups in total. The van der Waals surface area contributed by atoms with Gasteiger partial charge in [0.15, 0.2) is 0 Å². The average molecular weight is 200 g/mol. The first-order chi connectivity index (χ1) is 6.50. The van der Waals surface area contributed by atoms with Crippen LogP contribution >= 0.6 is 0 Å². The van der Waals surface area contributed by atoms with Crippen LogP contribution in [0, 0.1) is 0 Å². The van der Waals surface area contributed by atoms with Crippen molar-refractivity contribution in [2.45, 2.75) is 57.7 Å². The summed E-state index contributed by atoms with van der Waals surface area (Å²) < 4.78 is 0. The fraction of sp³-hybridized carbons (Fsp3) is 1.00. The summed E-state index contributed by atoms with van der Waals surface area (Å²) >= 11 is 0. The fourth-order valence-electron chi connectivity index (χ4n) is 2.21. The highest BCUT2D eigenvalue weighted by Gasteiger charge is 2.35. The molecule has 14 heavy (non-hydrogen) atoms. The summed E-state index contributed by atoms with van der Waals surface area (Å²) in [7, 11) is 0. The standard InChI is InChI=1S/C11H24N2O/c1-4-11(3,9(2)12)13-7-5-10(14)6-8-13/h9-10,14H,4-8,12H2,1-3H3. The van der Waals surface area contributed by atoms with E-state index in [0.717, 1.165) is 32.4 Å². The summed E-state index contributed by atoms with van der Waals surface area (Å²) in [6.45, 7) is 8.46. The SMILES string of the molecule is CCC(C)(C(C)N)N1CCC(O)CC1. The maximum atomic E-state index is 9.45. The molecule has 0 bridgehead atoms. The lowest BCUT2D eigenvalue weighted by Crippen LogP contribution is -2.59. The second kappa shape index (κ2) is 4.60. The number of nitrogens with two attached hydrogens (primary N) is 1. The lowest BCUT2D eigenvalue weighted by atomic mass is 9.87. The van der Waals surface area contributed by atoms with Crippen LogP contribution in [0.25, 0.3) is 0 Å². The van der Waals surface area contributed by atoms with Gasteiger partial charge in [-0.25, -0.2) is 0 Å². The van der Waals surface area contributed by atoms with Gasteiger partial charge < -0.3 is 10.8 Å². The Morgan fingerprint density at radius 1 is 1.50 bits per heavy atom. The smallest absolute Gasteiger partial charge is 0.0564 e. The minimum absolute atomic E-state index is 0.0968. The molecule has 0 aromatic heterocycles. The summed E-state index contributed by atoms with van der Waals surface area (Å²) in [5.41, 5.74) is 6.14. The van der Waals surface area contributed by atoms with Crippen LogP contribution in [0.1, 0.15) is 40.0 Å². The van der Waals surface area contributed by atoms with Gasteiger partial charge in [0.05, 0.1) is 6.10 Å². The minimum atomic E-state index is -0.0968. The second-order valence-corrected chi connectivity index (χ2v) is 4.72. The molecule has 0 spiro atoms. The van der Waals surface area contributed by atoms with Gasteiger partial charge in [0.2, 0.25) is 0 Å². The molecule has 1 aliphatic heterocycles. The molecule has 1 rings (SSSR count). The monoisotopic (exact) mass is 200 g/mol. The summed E-state index contributed by atoms with van der Waals surface area (Å²) in [6.07, 6.45) is 2.76. The molecule has 1 heterocycles. The lowest BCUT2D eigenvalue weighted by molar-refractivity contribution is 0.0110. The van der Waals surface area contributed by atoms with Gasteiger partial charge in [-0.05, 0) is 33.1 Å². The van der Waals surface area contributed by atoms with E-state index in [0.29, 0.717) is 0 Å². The van der Waals surface area contributed by atoms with E-state index in [-0.39, 0.29) is 17.7 Å². The number of aliphatic hydroxyl groups excluding tert-OH is 1. The van der Waals surface area contributed by atoms with E-state index in [4.69, 9.17) is 5.73 Å². The zero-order valence-corrected chi connectivity index (χ0v) is 9.66. The molecule has 0 aliphatic carbocycles. The molecule has 1 saturated heterocycles. The van der Waals surface area contributed by atoms with Crippen molar-refractivity contribution in [3.8, 4) is 0 Å². The largest absolute Gasteiger partial charge is 0.393 e. The average Bonchev–Trinajstić information content (AvgIpc) is 2.17. The van der Waals surface area contributed by atoms with Crippen LogP contribution in [0.15, 0.2) is 0 Å². The molecule has 0 aromatic rings. The van der Waals surface area contributed by atoms with Crippen molar-refractivity contribution < 1.29 is 5.11 Å². The number of hydrogen-bond donors (Lipinski definition) is 2. The van der Waals surface area contributed by atoms with Crippen molar-refractivity contribution in [2.24, 2.45) is 5.73 Å². The summed E-state index contributed by atoms with van der Waals surface area (Å²) in [4.78, 5) is 2.43. The molecular weight excluding hydrogens is 176 g/mol. The van der Waals surface area contributed by atoms with Gasteiger partial charge in [-0.3, -0.25) is 4.90 Å². The zero-order chi connectivity index (χ0) is 10.8. The van der Waals surface area contributed by atoms with E-state index >= 15 is 0 Å². The lowest BCUT2D eigenvalue weighted by Gasteiger charge is -2.46. The Morgan fingerprint density at radius 3 is 2.36 bits per heavy atom. The van der Waals surface area contributed by atoms with Crippen molar-refractivity contribution in [1.82, 2.24) is 4.90 Å². The summed E-state index contributed by atoms with van der Waals surface area (Å²) in [5.74, 6) is 0. The van der Waals surface area contributed by atoms with Crippen molar-refractivity contribution in [1.29, 1.82) is 0 Å². The molecule has 2 unspecified atom stereocenters. The molecule has 0 saturated carbocycles. The third-order valence-electron chi connectivity index (χ3n) is 3.88. The molecule has 0 aromatic carbocycles. The molecular formula is C11H24N2O. The Labute approximate surface area is 87.3 Å². The molecule has 0 radical (unpaired) electrons. The van der Waals surface area contributed by atoms with Crippen molar-refractivity contribution in [2.75, 3.05) is 13.1 Å². The van der Waals surface area contributed by atoms with Crippen LogP contribution < -0.4 is 5.73 Å². The van der Waals surface area contributed by atoms with Gasteiger partial charge in [-0.15, -0.1) is 0 Å². The third-order valence-corrected chi connectivity index (χ3v) is 3.88. The zero-order valence-electron chi connectivity index (χ0n) is 9.66. The molecule has 0 amide bonds. The van der Waals surface area contributed by atoms with E-state index in [1.807, 2.05) is 0 Å². The number of likely N-dealkylation sites (tertiary alicyclic amines) is 1. The second-order valence-electron chi connectivity index (χ2n) is 4.72. The van der Waals surface area contributed by atoms with E-state index in [1.54, 1.807) is 0 Å². The normalized spacial score (nSPS) is 27.2. The first-order valence-corrected chi connectivity index (χ1v) is 5.69. The Bertz CT molecular complexity index is 176. The van der Waals surface area contributed by atoms with Crippen LogP contribution in [0.3, 0.4) is 0 Å². The van der Waals surface area contributed by atoms with Gasteiger partial charge in [-0.2, -0.15) is 0 Å². The van der Waals surface area contributed by atoms with Crippen LogP contribution in [0.4, 0.5) is 0 Å². The van der Waals surface area contributed by atoms with Crippen LogP contribution in [0.2, 0.25) is 0 Å². The summed E-state index contributed by atoms with van der Waals surface area (Å²) in [6, 6.07) is 0.183. The van der Waals surface area contributed by atoms with Crippen molar-refractivity contribution in [3.05, 3.63) is 0 Å². The van der Waals surface area contributed by atoms with Gasteiger partial charge in [0.25, 0.3) is 0 Å². The first kappa shape index (κ1) is 12.0. The van der Waals surface area contributed by atoms with E-state index in [1.165, 1.54) is 0 Å². The third kappa shape index (κ3) is 2.27. The van der Waals surface area contributed by atoms with Crippen LogP contribution in [-0.4, -0.2) is 40.8 Å². The van der Waals surface area contributed by atoms with E-state index < -0.39 is 0 Å². The molecule has 3 nitrogen and oxygen atoms in total.